The summed E-state index contributed by atoms with van der Waals surface area (Å²) in [4.78, 5) is 85.2. The van der Waals surface area contributed by atoms with Gasteiger partial charge in [-0.25, -0.2) is 24.0 Å². The number of oxime groups is 4. The number of aromatic hydroxyl groups is 2. The molecule has 0 amide bonds. The van der Waals surface area contributed by atoms with Crippen LogP contribution >= 0.6 is 0 Å². The summed E-state index contributed by atoms with van der Waals surface area (Å²) in [6.07, 6.45) is 42.1. The van der Waals surface area contributed by atoms with Gasteiger partial charge in [0.25, 0.3) is 0 Å². The van der Waals surface area contributed by atoms with Gasteiger partial charge in [0.1, 0.15) is 61.3 Å². The number of carbonyl (C=O) groups is 5. The Balaban J connectivity index is 0.000000193. The molecule has 8 aromatic carbocycles. The highest BCUT2D eigenvalue weighted by Gasteiger charge is 2.29. The molecule has 0 unspecified atom stereocenters. The van der Waals surface area contributed by atoms with Gasteiger partial charge in [0.15, 0.2) is 0 Å². The Hall–Kier alpha value is -13.5. The van der Waals surface area contributed by atoms with Crippen LogP contribution in [-0.2, 0) is 75.4 Å². The molecule has 4 atom stereocenters. The Morgan fingerprint density at radius 3 is 1.03 bits per heavy atom. The van der Waals surface area contributed by atoms with E-state index in [0.29, 0.717) is 98.4 Å². The second-order valence-electron chi connectivity index (χ2n) is 32.0. The maximum absolute atomic E-state index is 13.6. The molecule has 12 rings (SSSR count). The van der Waals surface area contributed by atoms with E-state index in [0.717, 1.165) is 141 Å². The van der Waals surface area contributed by atoms with E-state index in [4.69, 9.17) is 43.4 Å². The molecule has 8 aromatic rings. The van der Waals surface area contributed by atoms with Gasteiger partial charge in [-0.05, 0) is 204 Å². The molecular formula is C108H122N4O16. The monoisotopic (exact) mass is 1730 g/mol. The number of hydrogen-bond donors (Lipinski definition) is 3. The molecule has 670 valence electrons. The van der Waals surface area contributed by atoms with Gasteiger partial charge in [0.2, 0.25) is 6.61 Å². The Bertz CT molecular complexity index is 5360. The van der Waals surface area contributed by atoms with Crippen molar-refractivity contribution in [2.45, 2.75) is 203 Å². The van der Waals surface area contributed by atoms with Gasteiger partial charge in [-0.3, -0.25) is 0 Å². The second kappa shape index (κ2) is 53.1. The number of aliphatic carboxylic acids is 1. The smallest absolute Gasteiger partial charge is 0.344 e. The molecule has 0 radical (unpaired) electrons. The average Bonchev–Trinajstić information content (AvgIpc) is 0.821. The minimum absolute atomic E-state index is 0.0436. The van der Waals surface area contributed by atoms with Crippen molar-refractivity contribution in [3.05, 3.63) is 367 Å². The van der Waals surface area contributed by atoms with Crippen LogP contribution in [0.15, 0.2) is 288 Å². The zero-order valence-electron chi connectivity index (χ0n) is 75.4. The fourth-order valence-electron chi connectivity index (χ4n) is 15.0. The summed E-state index contributed by atoms with van der Waals surface area (Å²) in [5.41, 5.74) is 17.3. The van der Waals surface area contributed by atoms with Crippen molar-refractivity contribution in [3.63, 3.8) is 0 Å². The molecule has 20 nitrogen and oxygen atoms in total. The molecule has 3 N–H and O–H groups in total. The molecule has 0 bridgehead atoms. The Kier molecular flexibility index (Phi) is 40.8. The quantitative estimate of drug-likeness (QED) is 0.0395. The number of carboxylic acid groups (broad SMARTS) is 1. The summed E-state index contributed by atoms with van der Waals surface area (Å²) in [6, 6.07) is 54.2. The van der Waals surface area contributed by atoms with E-state index in [2.05, 4.69) is 69.2 Å². The first-order valence-electron chi connectivity index (χ1n) is 44.1. The number of nitrogens with zero attached hydrogens (tertiary/aromatic N) is 4. The summed E-state index contributed by atoms with van der Waals surface area (Å²) in [7, 11) is 0. The third kappa shape index (κ3) is 32.8. The van der Waals surface area contributed by atoms with Crippen LogP contribution in [0.4, 0.5) is 0 Å². The number of hydrogen-bond acceptors (Lipinski definition) is 19. The van der Waals surface area contributed by atoms with Gasteiger partial charge in [0.05, 0.1) is 39.5 Å². The standard InChI is InChI=1S/C32H33NO3.C27H29NO5.C27H31NO3.C22H29NO5/c1-24-20-25(2)31-28(21-24)22-29(33-35-23-26-14-8-6-9-15-26)18-12-4-3-5-13-19-30(36-32(31)34)27-16-10-7-11-17-27;1-19-15-20(2)26-22(16-19)17-23(28-32-18-25(29)30)13-9-4-3-5-10-14-24(33-27(26)31)21-11-7-6-8-12-21;1-4-30-28-24-15-11-6-5-7-12-16-25(22-13-9-8-10-14-22)31-27(29)26-21(3)17-20(2)18-23(26)19-24;1-4-27-23-17-10-8-6-5-7-9-11-20(15(2)3)28-22(26)21-16(12-17)13-18(24)14-19(21)25/h5-18,20-21,30H,3-4,19,22-23H2,1-2H3;5-13,15-16,24H,3-4,14,17-18H2,1-2H3,(H,29,30);7-15,17-18,25H,4-6,16,19H2,1-3H3;7-10,13-15,20,24-25H,4-6,11-12H2,1-3H3/b13-5+,18-12+,33-29?;10-5+,13-9+,28-23?;12-7+,15-11+,28-24?;9-7+,10-8+,23-17?/t30-;24-;25-;20-/m1110/s1. The van der Waals surface area contributed by atoms with Crippen LogP contribution in [-0.4, -0.2) is 93.9 Å². The van der Waals surface area contributed by atoms with Crippen molar-refractivity contribution in [3.8, 4) is 11.5 Å². The number of carboxylic acids is 1. The fraction of sp³-hybridized carbons (Fsp3) is 0.324. The van der Waals surface area contributed by atoms with Crippen molar-refractivity contribution < 1.29 is 77.6 Å². The number of esters is 4. The Morgan fingerprint density at radius 1 is 0.375 bits per heavy atom. The van der Waals surface area contributed by atoms with Crippen LogP contribution in [0.1, 0.15) is 242 Å². The Morgan fingerprint density at radius 2 is 0.688 bits per heavy atom. The summed E-state index contributed by atoms with van der Waals surface area (Å²) < 4.78 is 23.9. The first-order chi connectivity index (χ1) is 62.0. The summed E-state index contributed by atoms with van der Waals surface area (Å²) in [5.74, 6) is -3.04. The van der Waals surface area contributed by atoms with Crippen molar-refractivity contribution in [1.82, 2.24) is 0 Å². The van der Waals surface area contributed by atoms with E-state index in [9.17, 15) is 34.2 Å². The summed E-state index contributed by atoms with van der Waals surface area (Å²) in [5, 5.41) is 46.0. The second-order valence-corrected chi connectivity index (χ2v) is 32.0. The van der Waals surface area contributed by atoms with Crippen molar-refractivity contribution in [2.75, 3.05) is 19.8 Å². The van der Waals surface area contributed by atoms with Gasteiger partial charge in [0, 0.05) is 57.4 Å². The number of rotatable bonds is 14. The lowest BCUT2D eigenvalue weighted by atomic mass is 9.94. The molecule has 0 saturated heterocycles. The third-order valence-electron chi connectivity index (χ3n) is 21.0. The van der Waals surface area contributed by atoms with Gasteiger partial charge in [-0.2, -0.15) is 0 Å². The van der Waals surface area contributed by atoms with Gasteiger partial charge >= 0.3 is 29.8 Å². The van der Waals surface area contributed by atoms with Gasteiger partial charge < -0.3 is 53.6 Å². The van der Waals surface area contributed by atoms with E-state index in [1.54, 1.807) is 0 Å². The molecule has 0 spiro atoms. The van der Waals surface area contributed by atoms with Gasteiger partial charge in [-0.15, -0.1) is 0 Å². The molecule has 0 saturated carbocycles. The number of phenolic OH excluding ortho intramolecular Hbond substituents is 2. The minimum Gasteiger partial charge on any atom is -0.508 e. The van der Waals surface area contributed by atoms with Crippen LogP contribution in [0.5, 0.6) is 11.5 Å². The fourth-order valence-corrected chi connectivity index (χ4v) is 15.0. The van der Waals surface area contributed by atoms with Crippen molar-refractivity contribution in [2.24, 2.45) is 26.5 Å². The third-order valence-corrected chi connectivity index (χ3v) is 21.0. The van der Waals surface area contributed by atoms with Crippen molar-refractivity contribution in [1.29, 1.82) is 0 Å². The molecule has 20 heteroatoms. The largest absolute Gasteiger partial charge is 0.508 e. The molecule has 0 fully saturated rings. The minimum atomic E-state index is -1.10. The lowest BCUT2D eigenvalue weighted by Crippen LogP contribution is -2.24. The number of carbonyl (C=O) groups excluding carboxylic acids is 4. The molecular weight excluding hydrogens is 1610 g/mol. The lowest BCUT2D eigenvalue weighted by Gasteiger charge is -2.21. The molecule has 128 heavy (non-hydrogen) atoms. The van der Waals surface area contributed by atoms with E-state index in [-0.39, 0.29) is 59.7 Å². The van der Waals surface area contributed by atoms with Crippen LogP contribution in [0.25, 0.3) is 0 Å². The molecule has 0 aromatic heterocycles. The maximum atomic E-state index is 13.6. The topological polar surface area (TPSA) is 269 Å². The van der Waals surface area contributed by atoms with Gasteiger partial charge in [-0.1, -0.05) is 282 Å². The van der Waals surface area contributed by atoms with Crippen LogP contribution in [0.2, 0.25) is 0 Å². The highest BCUT2D eigenvalue weighted by molar-refractivity contribution is 6.03. The van der Waals surface area contributed by atoms with E-state index in [1.165, 1.54) is 6.07 Å². The van der Waals surface area contributed by atoms with Crippen LogP contribution < -0.4 is 0 Å². The predicted octanol–water partition coefficient (Wildman–Crippen LogP) is 24.1. The maximum Gasteiger partial charge on any atom is 0.344 e. The molecule has 0 aliphatic carbocycles. The normalized spacial score (nSPS) is 20.6. The number of aryl methyl sites for hydroxylation is 6. The zero-order valence-corrected chi connectivity index (χ0v) is 75.4. The number of allylic oxidation sites excluding steroid dienone is 12. The summed E-state index contributed by atoms with van der Waals surface area (Å²) >= 11 is 0. The first kappa shape index (κ1) is 98.3. The highest BCUT2D eigenvalue weighted by Crippen LogP contribution is 2.34. The van der Waals surface area contributed by atoms with E-state index in [1.807, 2.05) is 276 Å². The lowest BCUT2D eigenvalue weighted by molar-refractivity contribution is -0.142. The van der Waals surface area contributed by atoms with Crippen molar-refractivity contribution >= 4 is 52.7 Å². The predicted molar refractivity (Wildman–Crippen MR) is 507 cm³/mol. The number of benzene rings is 8. The number of phenols is 2. The van der Waals surface area contributed by atoms with Crippen LogP contribution in [0.3, 0.4) is 0 Å². The first-order valence-corrected chi connectivity index (χ1v) is 44.1. The SMILES string of the molecule is CCON=C1/C=C/CC/C=C/C[C@@H](C(C)C)OC(=O)c2c(O)cc(O)cc2C1.CCON=C1/C=C/CC/C=C/C[C@H](c2ccccc2)OC(=O)c2c(C)cc(C)cc2C1.Cc1cc(C)c2c(c1)CC(=NOCC(=O)O)/C=C/CC/C=C/C[C@H](c1ccccc1)OC2=O.Cc1cc(C)c2c(c1)CC(=NOCc1ccccc1)/C=C/CC/C=C/C[C@H](c1ccccc1)OC2=O. The molecule has 4 heterocycles. The Labute approximate surface area is 754 Å². The number of fused-ring (bicyclic) bond motifs is 4. The van der Waals surface area contributed by atoms with Crippen LogP contribution in [0, 0.1) is 47.5 Å². The zero-order chi connectivity index (χ0) is 91.4. The average molecular weight is 1730 g/mol. The number of cyclic esters (lactones) is 4. The summed E-state index contributed by atoms with van der Waals surface area (Å²) in [6.45, 7) is 20.4. The molecule has 4 aliphatic heterocycles. The number of ether oxygens (including phenoxy) is 4. The van der Waals surface area contributed by atoms with E-state index < -0.39 is 30.6 Å². The highest BCUT2D eigenvalue weighted by atomic mass is 16.6. The molecule has 4 aliphatic rings. The van der Waals surface area contributed by atoms with E-state index >= 15 is 0 Å².